The summed E-state index contributed by atoms with van der Waals surface area (Å²) in [6.07, 6.45) is 11.6. The van der Waals surface area contributed by atoms with Crippen molar-refractivity contribution >= 4 is 15.9 Å². The lowest BCUT2D eigenvalue weighted by Gasteiger charge is -1.96. The van der Waals surface area contributed by atoms with Crippen LogP contribution in [0.3, 0.4) is 0 Å². The Bertz CT molecular complexity index is 236. The standard InChI is InChI=1S/C10H18BrN2.BrH/c1-12-8-9-13(10-12)7-5-3-2-4-6-11;/h8-10H,2-7H2,1H3;1H/q+1;/p-1. The maximum absolute atomic E-state index is 3.44. The van der Waals surface area contributed by atoms with Crippen LogP contribution in [0.15, 0.2) is 18.7 Å². The summed E-state index contributed by atoms with van der Waals surface area (Å²) in [5, 5.41) is 1.14. The summed E-state index contributed by atoms with van der Waals surface area (Å²) in [4.78, 5) is 0. The predicted molar refractivity (Wildman–Crippen MR) is 57.9 cm³/mol. The van der Waals surface area contributed by atoms with Crippen LogP contribution in [0.25, 0.3) is 0 Å². The van der Waals surface area contributed by atoms with Crippen molar-refractivity contribution in [3.05, 3.63) is 18.7 Å². The molecule has 0 unspecified atom stereocenters. The van der Waals surface area contributed by atoms with Crippen molar-refractivity contribution in [1.82, 2.24) is 4.57 Å². The molecule has 1 aromatic rings. The average Bonchev–Trinajstić information content (AvgIpc) is 2.51. The maximum atomic E-state index is 3.44. The summed E-state index contributed by atoms with van der Waals surface area (Å²) in [6, 6.07) is 0. The van der Waals surface area contributed by atoms with Crippen LogP contribution in [0.2, 0.25) is 0 Å². The van der Waals surface area contributed by atoms with E-state index in [4.69, 9.17) is 0 Å². The fourth-order valence-electron chi connectivity index (χ4n) is 1.38. The molecule has 1 aromatic heterocycles. The van der Waals surface area contributed by atoms with Crippen LogP contribution in [-0.2, 0) is 13.6 Å². The zero-order valence-electron chi connectivity index (χ0n) is 8.63. The molecule has 0 radical (unpaired) electrons. The number of aryl methyl sites for hydroxylation is 2. The highest BCUT2D eigenvalue weighted by Crippen LogP contribution is 2.03. The van der Waals surface area contributed by atoms with E-state index in [0.29, 0.717) is 0 Å². The summed E-state index contributed by atoms with van der Waals surface area (Å²) >= 11 is 3.44. The summed E-state index contributed by atoms with van der Waals surface area (Å²) < 4.78 is 4.33. The molecular formula is C10H18Br2N2. The van der Waals surface area contributed by atoms with Gasteiger partial charge >= 0.3 is 0 Å². The Kier molecular flexibility index (Phi) is 8.58. The van der Waals surface area contributed by atoms with Gasteiger partial charge in [0.25, 0.3) is 0 Å². The Morgan fingerprint density at radius 2 is 1.93 bits per heavy atom. The molecule has 1 heterocycles. The largest absolute Gasteiger partial charge is 1.00 e. The lowest BCUT2D eigenvalue weighted by atomic mass is 10.2. The molecule has 14 heavy (non-hydrogen) atoms. The van der Waals surface area contributed by atoms with Crippen molar-refractivity contribution in [1.29, 1.82) is 0 Å². The van der Waals surface area contributed by atoms with Gasteiger partial charge in [-0.05, 0) is 19.3 Å². The highest BCUT2D eigenvalue weighted by Gasteiger charge is 1.98. The molecule has 0 aliphatic rings. The van der Waals surface area contributed by atoms with Gasteiger partial charge in [0.15, 0.2) is 0 Å². The minimum atomic E-state index is 0. The van der Waals surface area contributed by atoms with Crippen LogP contribution in [0.4, 0.5) is 0 Å². The monoisotopic (exact) mass is 324 g/mol. The van der Waals surface area contributed by atoms with Crippen molar-refractivity contribution in [3.63, 3.8) is 0 Å². The van der Waals surface area contributed by atoms with E-state index >= 15 is 0 Å². The second kappa shape index (κ2) is 8.48. The first kappa shape index (κ1) is 14.2. The third kappa shape index (κ3) is 5.81. The van der Waals surface area contributed by atoms with Gasteiger partial charge < -0.3 is 17.0 Å². The molecule has 0 atom stereocenters. The van der Waals surface area contributed by atoms with E-state index in [0.717, 1.165) is 11.9 Å². The van der Waals surface area contributed by atoms with E-state index in [9.17, 15) is 0 Å². The number of aromatic nitrogens is 2. The van der Waals surface area contributed by atoms with E-state index in [1.54, 1.807) is 0 Å². The van der Waals surface area contributed by atoms with Gasteiger partial charge in [-0.1, -0.05) is 22.4 Å². The van der Waals surface area contributed by atoms with E-state index in [2.05, 4.69) is 50.8 Å². The molecule has 0 aliphatic carbocycles. The Balaban J connectivity index is 0.00000169. The first-order valence-corrected chi connectivity index (χ1v) is 6.02. The van der Waals surface area contributed by atoms with Gasteiger partial charge in [-0.25, -0.2) is 9.13 Å². The topological polar surface area (TPSA) is 8.81 Å². The lowest BCUT2D eigenvalue weighted by Crippen LogP contribution is -3.00. The fourth-order valence-corrected chi connectivity index (χ4v) is 1.77. The Hall–Kier alpha value is 0.170. The van der Waals surface area contributed by atoms with Gasteiger partial charge in [-0.2, -0.15) is 0 Å². The van der Waals surface area contributed by atoms with Gasteiger partial charge in [-0.15, -0.1) is 0 Å². The van der Waals surface area contributed by atoms with Gasteiger partial charge in [-0.3, -0.25) is 0 Å². The lowest BCUT2D eigenvalue weighted by molar-refractivity contribution is -0.671. The van der Waals surface area contributed by atoms with Crippen LogP contribution in [-0.4, -0.2) is 9.90 Å². The molecule has 0 saturated carbocycles. The second-order valence-electron chi connectivity index (χ2n) is 3.42. The quantitative estimate of drug-likeness (QED) is 0.370. The van der Waals surface area contributed by atoms with Crippen molar-refractivity contribution in [3.8, 4) is 0 Å². The normalized spacial score (nSPS) is 9.86. The number of halogens is 2. The number of alkyl halides is 1. The summed E-state index contributed by atoms with van der Waals surface area (Å²) in [6.45, 7) is 1.16. The summed E-state index contributed by atoms with van der Waals surface area (Å²) in [5.41, 5.74) is 0. The first-order chi connectivity index (χ1) is 6.33. The Labute approximate surface area is 105 Å². The van der Waals surface area contributed by atoms with Crippen molar-refractivity contribution in [2.24, 2.45) is 7.05 Å². The first-order valence-electron chi connectivity index (χ1n) is 4.90. The number of imidazole rings is 1. The molecule has 0 saturated heterocycles. The maximum Gasteiger partial charge on any atom is 0.243 e. The predicted octanol–water partition coefficient (Wildman–Crippen LogP) is -0.728. The molecule has 0 fully saturated rings. The fraction of sp³-hybridized carbons (Fsp3) is 0.700. The van der Waals surface area contributed by atoms with Crippen LogP contribution in [0, 0.1) is 0 Å². The molecule has 2 nitrogen and oxygen atoms in total. The summed E-state index contributed by atoms with van der Waals surface area (Å²) in [5.74, 6) is 0. The molecule has 0 N–H and O–H groups in total. The number of rotatable bonds is 6. The molecule has 1 rings (SSSR count). The number of hydrogen-bond donors (Lipinski definition) is 0. The molecule has 0 bridgehead atoms. The number of unbranched alkanes of at least 4 members (excludes halogenated alkanes) is 3. The van der Waals surface area contributed by atoms with E-state index in [1.165, 1.54) is 25.7 Å². The van der Waals surface area contributed by atoms with Gasteiger partial charge in [0.1, 0.15) is 12.4 Å². The SMILES string of the molecule is C[n+]1ccn(CCCCCCBr)c1.[Br-]. The zero-order valence-corrected chi connectivity index (χ0v) is 11.8. The van der Waals surface area contributed by atoms with Gasteiger partial charge in [0, 0.05) is 5.33 Å². The summed E-state index contributed by atoms with van der Waals surface area (Å²) in [7, 11) is 2.06. The van der Waals surface area contributed by atoms with E-state index in [-0.39, 0.29) is 17.0 Å². The highest BCUT2D eigenvalue weighted by molar-refractivity contribution is 9.09. The van der Waals surface area contributed by atoms with Crippen molar-refractivity contribution < 1.29 is 21.5 Å². The third-order valence-electron chi connectivity index (χ3n) is 2.12. The molecule has 0 spiro atoms. The van der Waals surface area contributed by atoms with Gasteiger partial charge in [0.2, 0.25) is 6.33 Å². The second-order valence-corrected chi connectivity index (χ2v) is 4.21. The van der Waals surface area contributed by atoms with E-state index < -0.39 is 0 Å². The third-order valence-corrected chi connectivity index (χ3v) is 2.68. The molecule has 0 amide bonds. The number of nitrogens with zero attached hydrogens (tertiary/aromatic N) is 2. The average molecular weight is 326 g/mol. The molecule has 0 aromatic carbocycles. The highest BCUT2D eigenvalue weighted by atomic mass is 79.9. The minimum Gasteiger partial charge on any atom is -1.00 e. The Morgan fingerprint density at radius 3 is 2.50 bits per heavy atom. The van der Waals surface area contributed by atoms with Gasteiger partial charge in [0.05, 0.1) is 13.6 Å². The molecule has 82 valence electrons. The Morgan fingerprint density at radius 1 is 1.21 bits per heavy atom. The van der Waals surface area contributed by atoms with Crippen LogP contribution >= 0.6 is 15.9 Å². The minimum absolute atomic E-state index is 0. The number of hydrogen-bond acceptors (Lipinski definition) is 0. The molecule has 4 heteroatoms. The molecular weight excluding hydrogens is 308 g/mol. The smallest absolute Gasteiger partial charge is 0.243 e. The van der Waals surface area contributed by atoms with Crippen LogP contribution < -0.4 is 21.5 Å². The van der Waals surface area contributed by atoms with Crippen molar-refractivity contribution in [2.75, 3.05) is 5.33 Å². The van der Waals surface area contributed by atoms with Crippen molar-refractivity contribution in [2.45, 2.75) is 32.2 Å². The van der Waals surface area contributed by atoms with Crippen LogP contribution in [0.5, 0.6) is 0 Å². The van der Waals surface area contributed by atoms with Crippen LogP contribution in [0.1, 0.15) is 25.7 Å². The zero-order chi connectivity index (χ0) is 9.52. The van der Waals surface area contributed by atoms with E-state index in [1.807, 2.05) is 0 Å². The molecule has 0 aliphatic heterocycles.